The van der Waals surface area contributed by atoms with Gasteiger partial charge in [0, 0.05) is 12.6 Å². The van der Waals surface area contributed by atoms with Crippen molar-refractivity contribution in [3.05, 3.63) is 23.0 Å². The van der Waals surface area contributed by atoms with Gasteiger partial charge in [-0.15, -0.1) is 0 Å². The van der Waals surface area contributed by atoms with E-state index in [0.717, 1.165) is 32.0 Å². The fourth-order valence-corrected chi connectivity index (χ4v) is 3.26. The molecule has 3 saturated heterocycles. The Bertz CT molecular complexity index is 501. The molecule has 1 atom stereocenters. The van der Waals surface area contributed by atoms with E-state index in [-0.39, 0.29) is 28.5 Å². The van der Waals surface area contributed by atoms with Gasteiger partial charge in [0.1, 0.15) is 5.69 Å². The second-order valence-corrected chi connectivity index (χ2v) is 6.01. The van der Waals surface area contributed by atoms with Crippen LogP contribution in [0.4, 0.5) is 0 Å². The predicted octanol–water partition coefficient (Wildman–Crippen LogP) is 1.65. The van der Waals surface area contributed by atoms with E-state index in [9.17, 15) is 9.90 Å². The first-order valence-corrected chi connectivity index (χ1v) is 7.38. The summed E-state index contributed by atoms with van der Waals surface area (Å²) in [6.07, 6.45) is 3.50. The van der Waals surface area contributed by atoms with Gasteiger partial charge in [0.25, 0.3) is 5.91 Å². The average molecular weight is 296 g/mol. The van der Waals surface area contributed by atoms with Crippen LogP contribution in [0.25, 0.3) is 0 Å². The molecule has 1 aromatic rings. The van der Waals surface area contributed by atoms with Crippen LogP contribution in [0, 0.1) is 5.92 Å². The lowest BCUT2D eigenvalue weighted by molar-refractivity contribution is 0.0923. The molecule has 2 N–H and O–H groups in total. The minimum Gasteiger partial charge on any atom is -0.505 e. The molecule has 4 rings (SSSR count). The predicted molar refractivity (Wildman–Crippen MR) is 75.9 cm³/mol. The van der Waals surface area contributed by atoms with Gasteiger partial charge >= 0.3 is 0 Å². The molecule has 3 fully saturated rings. The van der Waals surface area contributed by atoms with Crippen LogP contribution in [0.15, 0.2) is 12.1 Å². The van der Waals surface area contributed by atoms with Crippen molar-refractivity contribution in [1.29, 1.82) is 0 Å². The number of hydrogen-bond acceptors (Lipinski definition) is 4. The van der Waals surface area contributed by atoms with Crippen molar-refractivity contribution in [2.45, 2.75) is 25.3 Å². The summed E-state index contributed by atoms with van der Waals surface area (Å²) < 4.78 is 0. The second-order valence-electron chi connectivity index (χ2n) is 5.66. The Labute approximate surface area is 122 Å². The Morgan fingerprint density at radius 2 is 2.15 bits per heavy atom. The van der Waals surface area contributed by atoms with Gasteiger partial charge in [-0.1, -0.05) is 11.6 Å². The molecule has 0 aromatic carbocycles. The normalized spacial score (nSPS) is 28.9. The molecule has 1 amide bonds. The fraction of sp³-hybridized carbons (Fsp3) is 0.571. The average Bonchev–Trinajstić information content (AvgIpc) is 2.74. The molecular formula is C14H18ClN3O2. The summed E-state index contributed by atoms with van der Waals surface area (Å²) in [5.41, 5.74) is 0.249. The van der Waals surface area contributed by atoms with Gasteiger partial charge in [-0.05, 0) is 50.4 Å². The quantitative estimate of drug-likeness (QED) is 0.814. The number of hydrogen-bond donors (Lipinski definition) is 2. The number of halogens is 1. The molecule has 2 bridgehead atoms. The zero-order valence-corrected chi connectivity index (χ0v) is 11.9. The first-order valence-electron chi connectivity index (χ1n) is 7.00. The highest BCUT2D eigenvalue weighted by Gasteiger charge is 2.30. The molecule has 3 aliphatic rings. The summed E-state index contributed by atoms with van der Waals surface area (Å²) in [4.78, 5) is 18.5. The minimum absolute atomic E-state index is 0.0395. The van der Waals surface area contributed by atoms with Crippen LogP contribution in [0.2, 0.25) is 5.15 Å². The van der Waals surface area contributed by atoms with Crippen LogP contribution in [-0.4, -0.2) is 46.6 Å². The molecule has 6 heteroatoms. The van der Waals surface area contributed by atoms with Crippen LogP contribution < -0.4 is 5.32 Å². The van der Waals surface area contributed by atoms with Crippen LogP contribution in [-0.2, 0) is 0 Å². The third-order valence-corrected chi connectivity index (χ3v) is 4.48. The standard InChI is InChI=1S/C14H18ClN3O2/c15-13-12(19)2-1-11(17-13)14(20)16-10-7-9-3-5-18(8-10)6-4-9/h1-2,9-10,19H,3-8H2,(H,16,20)/t10-/m1/s1. The molecule has 0 radical (unpaired) electrons. The van der Waals surface area contributed by atoms with Gasteiger partial charge in [0.05, 0.1) is 0 Å². The molecule has 0 spiro atoms. The Kier molecular flexibility index (Phi) is 3.81. The third-order valence-electron chi connectivity index (χ3n) is 4.20. The summed E-state index contributed by atoms with van der Waals surface area (Å²) in [5, 5.41) is 12.3. The Hall–Kier alpha value is -1.33. The Morgan fingerprint density at radius 1 is 1.40 bits per heavy atom. The van der Waals surface area contributed by atoms with Crippen LogP contribution in [0.3, 0.4) is 0 Å². The summed E-state index contributed by atoms with van der Waals surface area (Å²) in [6.45, 7) is 3.19. The van der Waals surface area contributed by atoms with Gasteiger partial charge in [0.15, 0.2) is 10.9 Å². The molecule has 4 heterocycles. The van der Waals surface area contributed by atoms with E-state index in [1.54, 1.807) is 0 Å². The van der Waals surface area contributed by atoms with Crippen molar-refractivity contribution in [3.8, 4) is 5.75 Å². The largest absolute Gasteiger partial charge is 0.505 e. The van der Waals surface area contributed by atoms with Crippen LogP contribution in [0.5, 0.6) is 5.75 Å². The van der Waals surface area contributed by atoms with E-state index in [0.29, 0.717) is 0 Å². The second kappa shape index (κ2) is 5.58. The highest BCUT2D eigenvalue weighted by atomic mass is 35.5. The highest BCUT2D eigenvalue weighted by molar-refractivity contribution is 6.30. The number of aromatic hydroxyl groups is 1. The van der Waals surface area contributed by atoms with Crippen molar-refractivity contribution in [1.82, 2.24) is 15.2 Å². The summed E-state index contributed by atoms with van der Waals surface area (Å²) in [7, 11) is 0. The number of aromatic nitrogens is 1. The van der Waals surface area contributed by atoms with Crippen molar-refractivity contribution in [3.63, 3.8) is 0 Å². The summed E-state index contributed by atoms with van der Waals surface area (Å²) in [6, 6.07) is 3.05. The minimum atomic E-state index is -0.223. The number of pyridine rings is 1. The van der Waals surface area contributed by atoms with Crippen molar-refractivity contribution < 1.29 is 9.90 Å². The van der Waals surface area contributed by atoms with Gasteiger partial charge in [-0.2, -0.15) is 0 Å². The van der Waals surface area contributed by atoms with Gasteiger partial charge in [0.2, 0.25) is 0 Å². The summed E-state index contributed by atoms with van der Waals surface area (Å²) in [5.74, 6) is 0.386. The van der Waals surface area contributed by atoms with Gasteiger partial charge in [-0.3, -0.25) is 4.79 Å². The van der Waals surface area contributed by atoms with Gasteiger partial charge in [-0.25, -0.2) is 4.98 Å². The lowest BCUT2D eigenvalue weighted by Gasteiger charge is -2.26. The fourth-order valence-electron chi connectivity index (χ4n) is 3.11. The first kappa shape index (κ1) is 13.6. The van der Waals surface area contributed by atoms with Crippen LogP contribution >= 0.6 is 11.6 Å². The lowest BCUT2D eigenvalue weighted by atomic mass is 9.94. The van der Waals surface area contributed by atoms with E-state index < -0.39 is 0 Å². The van der Waals surface area contributed by atoms with E-state index >= 15 is 0 Å². The van der Waals surface area contributed by atoms with Crippen molar-refractivity contribution in [2.75, 3.05) is 19.6 Å². The molecule has 0 saturated carbocycles. The molecular weight excluding hydrogens is 278 g/mol. The van der Waals surface area contributed by atoms with E-state index in [1.165, 1.54) is 25.0 Å². The van der Waals surface area contributed by atoms with Gasteiger partial charge < -0.3 is 15.3 Å². The zero-order valence-electron chi connectivity index (χ0n) is 11.2. The molecule has 0 unspecified atom stereocenters. The lowest BCUT2D eigenvalue weighted by Crippen LogP contribution is -2.42. The zero-order chi connectivity index (χ0) is 14.1. The molecule has 20 heavy (non-hydrogen) atoms. The van der Waals surface area contributed by atoms with Crippen LogP contribution in [0.1, 0.15) is 29.8 Å². The van der Waals surface area contributed by atoms with E-state index in [4.69, 9.17) is 11.6 Å². The highest BCUT2D eigenvalue weighted by Crippen LogP contribution is 2.27. The maximum atomic E-state index is 12.2. The van der Waals surface area contributed by atoms with Crippen molar-refractivity contribution in [2.24, 2.45) is 5.92 Å². The maximum Gasteiger partial charge on any atom is 0.270 e. The Morgan fingerprint density at radius 3 is 2.85 bits per heavy atom. The first-order chi connectivity index (χ1) is 9.61. The molecule has 0 aliphatic carbocycles. The number of piperidine rings is 1. The number of fused-ring (bicyclic) bond motifs is 4. The number of nitrogens with one attached hydrogen (secondary N) is 1. The summed E-state index contributed by atoms with van der Waals surface area (Å²) >= 11 is 5.73. The molecule has 5 nitrogen and oxygen atoms in total. The number of amides is 1. The maximum absolute atomic E-state index is 12.2. The van der Waals surface area contributed by atoms with Crippen molar-refractivity contribution >= 4 is 17.5 Å². The Balaban J connectivity index is 1.67. The third kappa shape index (κ3) is 2.88. The monoisotopic (exact) mass is 295 g/mol. The number of carbonyl (C=O) groups is 1. The smallest absolute Gasteiger partial charge is 0.270 e. The van der Waals surface area contributed by atoms with E-state index in [1.807, 2.05) is 0 Å². The topological polar surface area (TPSA) is 65.5 Å². The number of carbonyl (C=O) groups excluding carboxylic acids is 1. The number of rotatable bonds is 2. The molecule has 3 aliphatic heterocycles. The molecule has 108 valence electrons. The van der Waals surface area contributed by atoms with E-state index in [2.05, 4.69) is 15.2 Å². The number of nitrogens with zero attached hydrogens (tertiary/aromatic N) is 2. The SMILES string of the molecule is O=C(N[C@@H]1CC2CCN(CC2)C1)c1ccc(O)c(Cl)n1. The molecule has 1 aromatic heterocycles.